The maximum absolute atomic E-state index is 8.83. The summed E-state index contributed by atoms with van der Waals surface area (Å²) in [5.74, 6) is 0. The molecule has 2 aromatic rings. The van der Waals surface area contributed by atoms with E-state index in [-0.39, 0.29) is 6.61 Å². The third-order valence-electron chi connectivity index (χ3n) is 1.59. The third kappa shape index (κ3) is 0.877. The van der Waals surface area contributed by atoms with E-state index >= 15 is 0 Å². The van der Waals surface area contributed by atoms with Crippen molar-refractivity contribution in [2.45, 2.75) is 6.61 Å². The normalized spacial score (nSPS) is 10.6. The van der Waals surface area contributed by atoms with Crippen LogP contribution in [0.15, 0.2) is 18.5 Å². The summed E-state index contributed by atoms with van der Waals surface area (Å²) in [7, 11) is 0. The Morgan fingerprint density at radius 2 is 2.45 bits per heavy atom. The molecule has 2 N–H and O–H groups in total. The minimum atomic E-state index is -0.0134. The van der Waals surface area contributed by atoms with Gasteiger partial charge in [-0.2, -0.15) is 5.10 Å². The standard InChI is InChI=1S/C7H7N3O/c11-4-7-5-1-2-8-3-6(5)9-10-7/h1-3,11H,4H2,(H,9,10). The number of pyridine rings is 1. The van der Waals surface area contributed by atoms with Crippen LogP contribution in [-0.2, 0) is 6.61 Å². The summed E-state index contributed by atoms with van der Waals surface area (Å²) in [6.07, 6.45) is 3.34. The van der Waals surface area contributed by atoms with Gasteiger partial charge in [-0.3, -0.25) is 10.1 Å². The molecule has 0 aliphatic rings. The molecule has 4 nitrogen and oxygen atoms in total. The second-order valence-corrected chi connectivity index (χ2v) is 2.25. The monoisotopic (exact) mass is 149 g/mol. The second-order valence-electron chi connectivity index (χ2n) is 2.25. The highest BCUT2D eigenvalue weighted by Gasteiger charge is 2.01. The van der Waals surface area contributed by atoms with Crippen molar-refractivity contribution >= 4 is 10.9 Å². The van der Waals surface area contributed by atoms with E-state index in [9.17, 15) is 0 Å². The number of hydrogen-bond acceptors (Lipinski definition) is 3. The van der Waals surface area contributed by atoms with Gasteiger partial charge in [0.05, 0.1) is 18.5 Å². The van der Waals surface area contributed by atoms with Crippen molar-refractivity contribution in [1.29, 1.82) is 0 Å². The summed E-state index contributed by atoms with van der Waals surface area (Å²) in [6, 6.07) is 1.82. The van der Waals surface area contributed by atoms with E-state index in [2.05, 4.69) is 15.2 Å². The first-order chi connectivity index (χ1) is 5.42. The average molecular weight is 149 g/mol. The summed E-state index contributed by atoms with van der Waals surface area (Å²) < 4.78 is 0. The number of rotatable bonds is 1. The van der Waals surface area contributed by atoms with E-state index in [0.717, 1.165) is 16.6 Å². The van der Waals surface area contributed by atoms with Crippen LogP contribution in [0.2, 0.25) is 0 Å². The van der Waals surface area contributed by atoms with E-state index in [0.29, 0.717) is 0 Å². The van der Waals surface area contributed by atoms with E-state index in [1.807, 2.05) is 6.07 Å². The van der Waals surface area contributed by atoms with Crippen LogP contribution in [0.4, 0.5) is 0 Å². The summed E-state index contributed by atoms with van der Waals surface area (Å²) in [5.41, 5.74) is 1.53. The van der Waals surface area contributed by atoms with Crippen molar-refractivity contribution < 1.29 is 5.11 Å². The van der Waals surface area contributed by atoms with Gasteiger partial charge >= 0.3 is 0 Å². The van der Waals surface area contributed by atoms with Crippen LogP contribution in [0.1, 0.15) is 5.69 Å². The highest BCUT2D eigenvalue weighted by Crippen LogP contribution is 2.12. The number of nitrogens with zero attached hydrogens (tertiary/aromatic N) is 2. The Labute approximate surface area is 62.9 Å². The number of aliphatic hydroxyl groups is 1. The Morgan fingerprint density at radius 3 is 3.27 bits per heavy atom. The van der Waals surface area contributed by atoms with Gasteiger partial charge in [0.2, 0.25) is 0 Å². The summed E-state index contributed by atoms with van der Waals surface area (Å²) in [6.45, 7) is -0.0134. The third-order valence-corrected chi connectivity index (χ3v) is 1.59. The molecule has 56 valence electrons. The van der Waals surface area contributed by atoms with Crippen molar-refractivity contribution in [3.63, 3.8) is 0 Å². The van der Waals surface area contributed by atoms with Crippen molar-refractivity contribution in [2.24, 2.45) is 0 Å². The van der Waals surface area contributed by atoms with Crippen molar-refractivity contribution in [3.05, 3.63) is 24.2 Å². The molecule has 0 atom stereocenters. The minimum absolute atomic E-state index is 0.0134. The summed E-state index contributed by atoms with van der Waals surface area (Å²) >= 11 is 0. The molecule has 0 aliphatic heterocycles. The zero-order valence-corrected chi connectivity index (χ0v) is 5.78. The van der Waals surface area contributed by atoms with Gasteiger partial charge in [0.15, 0.2) is 0 Å². The van der Waals surface area contributed by atoms with Crippen LogP contribution < -0.4 is 0 Å². The molecule has 0 saturated carbocycles. The van der Waals surface area contributed by atoms with E-state index < -0.39 is 0 Å². The fourth-order valence-electron chi connectivity index (χ4n) is 1.04. The lowest BCUT2D eigenvalue weighted by Crippen LogP contribution is -1.82. The van der Waals surface area contributed by atoms with Crippen LogP contribution in [0.3, 0.4) is 0 Å². The number of aromatic nitrogens is 3. The predicted molar refractivity (Wildman–Crippen MR) is 39.8 cm³/mol. The van der Waals surface area contributed by atoms with Crippen LogP contribution >= 0.6 is 0 Å². The van der Waals surface area contributed by atoms with Gasteiger partial charge in [0.1, 0.15) is 5.52 Å². The zero-order chi connectivity index (χ0) is 7.68. The van der Waals surface area contributed by atoms with Crippen molar-refractivity contribution in [1.82, 2.24) is 15.2 Å². The highest BCUT2D eigenvalue weighted by atomic mass is 16.3. The molecule has 0 fully saturated rings. The molecule has 2 aromatic heterocycles. The minimum Gasteiger partial charge on any atom is -0.390 e. The first kappa shape index (κ1) is 6.30. The van der Waals surface area contributed by atoms with E-state index in [1.165, 1.54) is 0 Å². The molecule has 0 bridgehead atoms. The van der Waals surface area contributed by atoms with Crippen LogP contribution in [-0.4, -0.2) is 20.3 Å². The number of aliphatic hydroxyl groups excluding tert-OH is 1. The molecule has 0 aromatic carbocycles. The molecule has 0 unspecified atom stereocenters. The Bertz CT molecular complexity index is 368. The molecule has 0 aliphatic carbocycles. The maximum atomic E-state index is 8.83. The summed E-state index contributed by atoms with van der Waals surface area (Å²) in [4.78, 5) is 3.90. The van der Waals surface area contributed by atoms with Crippen LogP contribution in [0.25, 0.3) is 10.9 Å². The number of nitrogens with one attached hydrogen (secondary N) is 1. The molecule has 4 heteroatoms. The maximum Gasteiger partial charge on any atom is 0.111 e. The molecule has 0 spiro atoms. The van der Waals surface area contributed by atoms with Crippen molar-refractivity contribution in [3.8, 4) is 0 Å². The highest BCUT2D eigenvalue weighted by molar-refractivity contribution is 5.79. The van der Waals surface area contributed by atoms with E-state index in [1.54, 1.807) is 12.4 Å². The molecular weight excluding hydrogens is 142 g/mol. The molecule has 0 amide bonds. The molecular formula is C7H7N3O. The molecule has 2 heterocycles. The molecule has 0 saturated heterocycles. The van der Waals surface area contributed by atoms with Gasteiger partial charge in [-0.05, 0) is 6.07 Å². The van der Waals surface area contributed by atoms with Gasteiger partial charge in [-0.25, -0.2) is 0 Å². The zero-order valence-electron chi connectivity index (χ0n) is 5.78. The van der Waals surface area contributed by atoms with Crippen molar-refractivity contribution in [2.75, 3.05) is 0 Å². The molecule has 0 radical (unpaired) electrons. The van der Waals surface area contributed by atoms with Gasteiger partial charge in [0, 0.05) is 11.6 Å². The fourth-order valence-corrected chi connectivity index (χ4v) is 1.04. The number of hydrogen-bond donors (Lipinski definition) is 2. The lowest BCUT2D eigenvalue weighted by atomic mass is 10.2. The first-order valence-electron chi connectivity index (χ1n) is 3.29. The van der Waals surface area contributed by atoms with Gasteiger partial charge in [-0.15, -0.1) is 0 Å². The molecule has 11 heavy (non-hydrogen) atoms. The topological polar surface area (TPSA) is 61.8 Å². The predicted octanol–water partition coefficient (Wildman–Crippen LogP) is 0.450. The van der Waals surface area contributed by atoms with E-state index in [4.69, 9.17) is 5.11 Å². The fraction of sp³-hybridized carbons (Fsp3) is 0.143. The Morgan fingerprint density at radius 1 is 1.55 bits per heavy atom. The number of H-pyrrole nitrogens is 1. The van der Waals surface area contributed by atoms with Crippen LogP contribution in [0.5, 0.6) is 0 Å². The Balaban J connectivity index is 2.76. The quantitative estimate of drug-likeness (QED) is 0.618. The van der Waals surface area contributed by atoms with Gasteiger partial charge in [-0.1, -0.05) is 0 Å². The van der Waals surface area contributed by atoms with Crippen LogP contribution in [0, 0.1) is 0 Å². The number of aromatic amines is 1. The second kappa shape index (κ2) is 2.32. The SMILES string of the molecule is OCc1[nH]nc2cnccc12. The van der Waals surface area contributed by atoms with Gasteiger partial charge < -0.3 is 5.11 Å². The smallest absolute Gasteiger partial charge is 0.111 e. The first-order valence-corrected chi connectivity index (χ1v) is 3.29. The summed E-state index contributed by atoms with van der Waals surface area (Å²) in [5, 5.41) is 16.4. The lowest BCUT2D eigenvalue weighted by Gasteiger charge is -1.88. The largest absolute Gasteiger partial charge is 0.390 e. The molecule has 2 rings (SSSR count). The number of fused-ring (bicyclic) bond motifs is 1. The Hall–Kier alpha value is -1.42. The lowest BCUT2D eigenvalue weighted by molar-refractivity contribution is 0.278. The average Bonchev–Trinajstić information content (AvgIpc) is 2.47. The van der Waals surface area contributed by atoms with Gasteiger partial charge in [0.25, 0.3) is 0 Å². The Kier molecular flexibility index (Phi) is 1.33.